The monoisotopic (exact) mass is 193 g/mol. The van der Waals surface area contributed by atoms with Crippen molar-refractivity contribution >= 4 is 5.91 Å². The van der Waals surface area contributed by atoms with Crippen LogP contribution in [-0.2, 0) is 6.42 Å². The first-order chi connectivity index (χ1) is 6.81. The molecule has 0 atom stereocenters. The van der Waals surface area contributed by atoms with Crippen molar-refractivity contribution in [2.24, 2.45) is 0 Å². The van der Waals surface area contributed by atoms with E-state index < -0.39 is 0 Å². The second-order valence-electron chi connectivity index (χ2n) is 3.67. The number of carbonyl (C=O) groups is 1. The molecule has 0 aliphatic carbocycles. The summed E-state index contributed by atoms with van der Waals surface area (Å²) >= 11 is 0. The first kappa shape index (κ1) is 9.24. The van der Waals surface area contributed by atoms with E-state index in [4.69, 9.17) is 0 Å². The molecule has 1 N–H and O–H groups in total. The molecule has 0 saturated carbocycles. The molecule has 0 unspecified atom stereocenters. The molecule has 2 rings (SSSR count). The summed E-state index contributed by atoms with van der Waals surface area (Å²) in [5.41, 5.74) is 1.62. The van der Waals surface area contributed by atoms with Gasteiger partial charge in [-0.1, -0.05) is 13.3 Å². The quantitative estimate of drug-likeness (QED) is 0.784. The molecule has 1 fully saturated rings. The Balaban J connectivity index is 2.04. The first-order valence-corrected chi connectivity index (χ1v) is 5.15. The van der Waals surface area contributed by atoms with Crippen molar-refractivity contribution in [1.82, 2.24) is 15.1 Å². The molecule has 0 bridgehead atoms. The van der Waals surface area contributed by atoms with Crippen LogP contribution in [-0.4, -0.2) is 34.1 Å². The second kappa shape index (κ2) is 3.82. The van der Waals surface area contributed by atoms with Gasteiger partial charge in [0.1, 0.15) is 5.69 Å². The summed E-state index contributed by atoms with van der Waals surface area (Å²) in [5.74, 6) is 0.0647. The Labute approximate surface area is 83.3 Å². The normalized spacial score (nSPS) is 15.4. The van der Waals surface area contributed by atoms with Gasteiger partial charge >= 0.3 is 0 Å². The minimum Gasteiger partial charge on any atom is -0.337 e. The van der Waals surface area contributed by atoms with Crippen LogP contribution in [0.3, 0.4) is 0 Å². The van der Waals surface area contributed by atoms with E-state index in [9.17, 15) is 4.79 Å². The minimum absolute atomic E-state index is 0.0647. The Morgan fingerprint density at radius 1 is 1.64 bits per heavy atom. The van der Waals surface area contributed by atoms with Crippen molar-refractivity contribution in [2.45, 2.75) is 26.2 Å². The summed E-state index contributed by atoms with van der Waals surface area (Å²) in [4.78, 5) is 13.5. The molecule has 1 aliphatic heterocycles. The van der Waals surface area contributed by atoms with Gasteiger partial charge in [-0.2, -0.15) is 5.10 Å². The summed E-state index contributed by atoms with van der Waals surface area (Å²) in [7, 11) is 0. The summed E-state index contributed by atoms with van der Waals surface area (Å²) in [6, 6.07) is 1.87. The average Bonchev–Trinajstić information content (AvgIpc) is 2.50. The zero-order valence-electron chi connectivity index (χ0n) is 8.42. The lowest BCUT2D eigenvalue weighted by molar-refractivity contribution is 0.0645. The lowest BCUT2D eigenvalue weighted by Crippen LogP contribution is -2.42. The number of aryl methyl sites for hydroxylation is 1. The van der Waals surface area contributed by atoms with Gasteiger partial charge in [0.05, 0.1) is 0 Å². The smallest absolute Gasteiger partial charge is 0.274 e. The maximum atomic E-state index is 11.7. The number of nitrogens with one attached hydrogen (secondary N) is 1. The highest BCUT2D eigenvalue weighted by Gasteiger charge is 2.23. The number of nitrogens with zero attached hydrogens (tertiary/aromatic N) is 2. The molecule has 76 valence electrons. The SMILES string of the molecule is CCCc1cc(C(=O)N2CCC2)n[nH]1. The lowest BCUT2D eigenvalue weighted by Gasteiger charge is -2.29. The fraction of sp³-hybridized carbons (Fsp3) is 0.600. The molecule has 1 amide bonds. The number of rotatable bonds is 3. The topological polar surface area (TPSA) is 49.0 Å². The lowest BCUT2D eigenvalue weighted by atomic mass is 10.2. The maximum absolute atomic E-state index is 11.7. The second-order valence-corrected chi connectivity index (χ2v) is 3.67. The van der Waals surface area contributed by atoms with Gasteiger partial charge in [0.2, 0.25) is 0 Å². The summed E-state index contributed by atoms with van der Waals surface area (Å²) in [6.07, 6.45) is 3.15. The summed E-state index contributed by atoms with van der Waals surface area (Å²) < 4.78 is 0. The van der Waals surface area contributed by atoms with E-state index in [0.29, 0.717) is 5.69 Å². The van der Waals surface area contributed by atoms with Crippen LogP contribution in [0.1, 0.15) is 35.9 Å². The third kappa shape index (κ3) is 1.64. The molecule has 1 aliphatic rings. The van der Waals surface area contributed by atoms with Crippen LogP contribution in [0.5, 0.6) is 0 Å². The molecule has 0 spiro atoms. The van der Waals surface area contributed by atoms with Gasteiger partial charge in [-0.25, -0.2) is 0 Å². The number of aromatic nitrogens is 2. The van der Waals surface area contributed by atoms with Gasteiger partial charge in [0.25, 0.3) is 5.91 Å². The molecule has 4 nitrogen and oxygen atoms in total. The Hall–Kier alpha value is -1.32. The fourth-order valence-corrected chi connectivity index (χ4v) is 1.55. The predicted molar refractivity (Wildman–Crippen MR) is 53.1 cm³/mol. The van der Waals surface area contributed by atoms with E-state index in [1.807, 2.05) is 11.0 Å². The largest absolute Gasteiger partial charge is 0.337 e. The number of hydrogen-bond acceptors (Lipinski definition) is 2. The number of hydrogen-bond donors (Lipinski definition) is 1. The fourth-order valence-electron chi connectivity index (χ4n) is 1.55. The van der Waals surface area contributed by atoms with Gasteiger partial charge in [0.15, 0.2) is 0 Å². The predicted octanol–water partition coefficient (Wildman–Crippen LogP) is 1.21. The number of aromatic amines is 1. The Morgan fingerprint density at radius 3 is 3.00 bits per heavy atom. The van der Waals surface area contributed by atoms with Crippen LogP contribution in [0.2, 0.25) is 0 Å². The molecule has 4 heteroatoms. The number of H-pyrrole nitrogens is 1. The minimum atomic E-state index is 0.0647. The number of amides is 1. The van der Waals surface area contributed by atoms with Crippen LogP contribution in [0.4, 0.5) is 0 Å². The van der Waals surface area contributed by atoms with E-state index in [2.05, 4.69) is 17.1 Å². The summed E-state index contributed by atoms with van der Waals surface area (Å²) in [6.45, 7) is 3.88. The van der Waals surface area contributed by atoms with Gasteiger partial charge < -0.3 is 4.90 Å². The van der Waals surface area contributed by atoms with Crippen LogP contribution >= 0.6 is 0 Å². The van der Waals surface area contributed by atoms with Crippen molar-refractivity contribution < 1.29 is 4.79 Å². The molecule has 1 aromatic rings. The van der Waals surface area contributed by atoms with E-state index in [-0.39, 0.29) is 5.91 Å². The highest BCUT2D eigenvalue weighted by Crippen LogP contribution is 2.11. The molecule has 2 heterocycles. The average molecular weight is 193 g/mol. The molecule has 0 aromatic carbocycles. The highest BCUT2D eigenvalue weighted by molar-refractivity contribution is 5.92. The maximum Gasteiger partial charge on any atom is 0.274 e. The molecular formula is C10H15N3O. The standard InChI is InChI=1S/C10H15N3O/c1-2-4-8-7-9(12-11-8)10(14)13-5-3-6-13/h7H,2-6H2,1H3,(H,11,12). The number of carbonyl (C=O) groups excluding carboxylic acids is 1. The van der Waals surface area contributed by atoms with Gasteiger partial charge in [-0.05, 0) is 18.9 Å². The van der Waals surface area contributed by atoms with Crippen molar-refractivity contribution in [3.05, 3.63) is 17.5 Å². The molecule has 0 radical (unpaired) electrons. The van der Waals surface area contributed by atoms with Gasteiger partial charge in [-0.3, -0.25) is 9.89 Å². The van der Waals surface area contributed by atoms with E-state index in [0.717, 1.165) is 38.0 Å². The highest BCUT2D eigenvalue weighted by atomic mass is 16.2. The first-order valence-electron chi connectivity index (χ1n) is 5.15. The molecule has 1 saturated heterocycles. The van der Waals surface area contributed by atoms with Crippen molar-refractivity contribution in [3.8, 4) is 0 Å². The molecular weight excluding hydrogens is 178 g/mol. The van der Waals surface area contributed by atoms with Gasteiger partial charge in [-0.15, -0.1) is 0 Å². The molecule has 14 heavy (non-hydrogen) atoms. The van der Waals surface area contributed by atoms with E-state index >= 15 is 0 Å². The van der Waals surface area contributed by atoms with Gasteiger partial charge in [0, 0.05) is 18.8 Å². The third-order valence-corrected chi connectivity index (χ3v) is 2.51. The third-order valence-electron chi connectivity index (χ3n) is 2.51. The van der Waals surface area contributed by atoms with Crippen LogP contribution in [0.25, 0.3) is 0 Å². The number of likely N-dealkylation sites (tertiary alicyclic amines) is 1. The zero-order chi connectivity index (χ0) is 9.97. The Morgan fingerprint density at radius 2 is 2.43 bits per heavy atom. The Bertz CT molecular complexity index is 328. The zero-order valence-corrected chi connectivity index (χ0v) is 8.42. The van der Waals surface area contributed by atoms with Crippen LogP contribution < -0.4 is 0 Å². The summed E-state index contributed by atoms with van der Waals surface area (Å²) in [5, 5.41) is 6.91. The van der Waals surface area contributed by atoms with E-state index in [1.54, 1.807) is 0 Å². The van der Waals surface area contributed by atoms with Crippen molar-refractivity contribution in [3.63, 3.8) is 0 Å². The van der Waals surface area contributed by atoms with Crippen molar-refractivity contribution in [1.29, 1.82) is 0 Å². The van der Waals surface area contributed by atoms with Crippen molar-refractivity contribution in [2.75, 3.05) is 13.1 Å². The molecule has 1 aromatic heterocycles. The van der Waals surface area contributed by atoms with Crippen LogP contribution in [0, 0.1) is 0 Å². The Kier molecular flexibility index (Phi) is 2.52. The van der Waals surface area contributed by atoms with Crippen LogP contribution in [0.15, 0.2) is 6.07 Å². The van der Waals surface area contributed by atoms with E-state index in [1.165, 1.54) is 0 Å².